The van der Waals surface area contributed by atoms with Gasteiger partial charge in [-0.05, 0) is 20.8 Å². The first-order valence-electron chi connectivity index (χ1n) is 5.39. The fourth-order valence-corrected chi connectivity index (χ4v) is 1.14. The van der Waals surface area contributed by atoms with Crippen molar-refractivity contribution in [1.82, 2.24) is 10.6 Å². The van der Waals surface area contributed by atoms with Gasteiger partial charge >= 0.3 is 12.1 Å². The van der Waals surface area contributed by atoms with Crippen LogP contribution in [0.3, 0.4) is 0 Å². The summed E-state index contributed by atoms with van der Waals surface area (Å²) in [4.78, 5) is 21.8. The van der Waals surface area contributed by atoms with Crippen LogP contribution in [0.25, 0.3) is 0 Å². The minimum absolute atomic E-state index is 0.139. The minimum Gasteiger partial charge on any atom is -0.481 e. The van der Waals surface area contributed by atoms with Gasteiger partial charge in [-0.3, -0.25) is 9.59 Å². The van der Waals surface area contributed by atoms with Crippen LogP contribution in [-0.4, -0.2) is 41.8 Å². The number of amides is 1. The molecular formula is C10H17F3N2O3. The van der Waals surface area contributed by atoms with Crippen molar-refractivity contribution in [2.24, 2.45) is 5.92 Å². The number of carbonyl (C=O) groups is 2. The van der Waals surface area contributed by atoms with Crippen LogP contribution < -0.4 is 10.6 Å². The number of carboxylic acids is 1. The Morgan fingerprint density at radius 2 is 1.72 bits per heavy atom. The quantitative estimate of drug-likeness (QED) is 0.665. The van der Waals surface area contributed by atoms with Gasteiger partial charge in [0.15, 0.2) is 5.92 Å². The van der Waals surface area contributed by atoms with Crippen LogP contribution in [0.4, 0.5) is 13.2 Å². The number of alkyl halides is 3. The monoisotopic (exact) mass is 270 g/mol. The molecule has 0 rings (SSSR count). The molecule has 0 radical (unpaired) electrons. The van der Waals surface area contributed by atoms with E-state index in [4.69, 9.17) is 5.11 Å². The molecule has 2 unspecified atom stereocenters. The predicted molar refractivity (Wildman–Crippen MR) is 57.9 cm³/mol. The summed E-state index contributed by atoms with van der Waals surface area (Å²) in [5.41, 5.74) is 0. The molecule has 18 heavy (non-hydrogen) atoms. The van der Waals surface area contributed by atoms with Crippen molar-refractivity contribution >= 4 is 11.9 Å². The topological polar surface area (TPSA) is 78.4 Å². The van der Waals surface area contributed by atoms with Gasteiger partial charge in [0.2, 0.25) is 5.91 Å². The molecule has 106 valence electrons. The van der Waals surface area contributed by atoms with Crippen LogP contribution in [0.2, 0.25) is 0 Å². The fraction of sp³-hybridized carbons (Fsp3) is 0.800. The number of hydrogen-bond donors (Lipinski definition) is 3. The SMILES string of the molecule is CC(C)NC(=O)C(C)NCC(C(=O)O)C(F)(F)F. The van der Waals surface area contributed by atoms with Crippen LogP contribution in [0.15, 0.2) is 0 Å². The summed E-state index contributed by atoms with van der Waals surface area (Å²) in [5, 5.41) is 13.2. The van der Waals surface area contributed by atoms with Crippen molar-refractivity contribution in [3.8, 4) is 0 Å². The van der Waals surface area contributed by atoms with E-state index >= 15 is 0 Å². The van der Waals surface area contributed by atoms with E-state index in [2.05, 4.69) is 10.6 Å². The summed E-state index contributed by atoms with van der Waals surface area (Å²) in [6.07, 6.45) is -4.84. The summed E-state index contributed by atoms with van der Waals surface area (Å²) in [5.74, 6) is -4.96. The first-order valence-corrected chi connectivity index (χ1v) is 5.39. The van der Waals surface area contributed by atoms with Crippen LogP contribution in [0.1, 0.15) is 20.8 Å². The molecular weight excluding hydrogens is 253 g/mol. The number of carboxylic acid groups (broad SMARTS) is 1. The summed E-state index contributed by atoms with van der Waals surface area (Å²) >= 11 is 0. The number of halogens is 3. The Balaban J connectivity index is 4.37. The maximum Gasteiger partial charge on any atom is 0.403 e. The van der Waals surface area contributed by atoms with E-state index in [9.17, 15) is 22.8 Å². The zero-order valence-electron chi connectivity index (χ0n) is 10.3. The Bertz CT molecular complexity index is 305. The van der Waals surface area contributed by atoms with Crippen molar-refractivity contribution in [3.63, 3.8) is 0 Å². The molecule has 0 aromatic carbocycles. The van der Waals surface area contributed by atoms with E-state index in [1.807, 2.05) is 0 Å². The second kappa shape index (κ2) is 6.58. The van der Waals surface area contributed by atoms with Gasteiger partial charge in [-0.25, -0.2) is 0 Å². The smallest absolute Gasteiger partial charge is 0.403 e. The summed E-state index contributed by atoms with van der Waals surface area (Å²) in [6, 6.07) is -1.03. The number of carbonyl (C=O) groups excluding carboxylic acids is 1. The van der Waals surface area contributed by atoms with Crippen LogP contribution >= 0.6 is 0 Å². The molecule has 0 fully saturated rings. The highest BCUT2D eigenvalue weighted by atomic mass is 19.4. The van der Waals surface area contributed by atoms with Gasteiger partial charge in [-0.15, -0.1) is 0 Å². The molecule has 0 aliphatic carbocycles. The van der Waals surface area contributed by atoms with E-state index in [1.165, 1.54) is 6.92 Å². The lowest BCUT2D eigenvalue weighted by atomic mass is 10.1. The first-order chi connectivity index (χ1) is 8.05. The molecule has 0 saturated carbocycles. The molecule has 0 heterocycles. The highest BCUT2D eigenvalue weighted by Gasteiger charge is 2.45. The van der Waals surface area contributed by atoms with Gasteiger partial charge in [-0.2, -0.15) is 13.2 Å². The molecule has 5 nitrogen and oxygen atoms in total. The van der Waals surface area contributed by atoms with Crippen molar-refractivity contribution in [1.29, 1.82) is 0 Å². The third kappa shape index (κ3) is 5.85. The molecule has 3 N–H and O–H groups in total. The van der Waals surface area contributed by atoms with E-state index in [0.29, 0.717) is 0 Å². The van der Waals surface area contributed by atoms with Crippen molar-refractivity contribution in [2.75, 3.05) is 6.54 Å². The van der Waals surface area contributed by atoms with Gasteiger partial charge in [-0.1, -0.05) is 0 Å². The van der Waals surface area contributed by atoms with Gasteiger partial charge in [0, 0.05) is 12.6 Å². The average molecular weight is 270 g/mol. The van der Waals surface area contributed by atoms with Gasteiger partial charge in [0.05, 0.1) is 6.04 Å². The Labute approximate surface area is 103 Å². The van der Waals surface area contributed by atoms with Gasteiger partial charge < -0.3 is 15.7 Å². The lowest BCUT2D eigenvalue weighted by Crippen LogP contribution is -2.48. The number of hydrogen-bond acceptors (Lipinski definition) is 3. The van der Waals surface area contributed by atoms with Crippen molar-refractivity contribution in [2.45, 2.75) is 39.0 Å². The van der Waals surface area contributed by atoms with Crippen molar-refractivity contribution < 1.29 is 27.9 Å². The lowest BCUT2D eigenvalue weighted by Gasteiger charge is -2.20. The van der Waals surface area contributed by atoms with Crippen LogP contribution in [0, 0.1) is 5.92 Å². The Hall–Kier alpha value is -1.31. The summed E-state index contributed by atoms with van der Waals surface area (Å²) in [6.45, 7) is 3.94. The van der Waals surface area contributed by atoms with E-state index < -0.39 is 36.6 Å². The predicted octanol–water partition coefficient (Wildman–Crippen LogP) is 0.752. The number of rotatable bonds is 6. The molecule has 2 atom stereocenters. The molecule has 0 aliphatic rings. The van der Waals surface area contributed by atoms with E-state index in [0.717, 1.165) is 0 Å². The maximum atomic E-state index is 12.3. The molecule has 1 amide bonds. The average Bonchev–Trinajstić information content (AvgIpc) is 2.13. The van der Waals surface area contributed by atoms with E-state index in [1.54, 1.807) is 13.8 Å². The molecule has 0 saturated heterocycles. The zero-order chi connectivity index (χ0) is 14.5. The molecule has 8 heteroatoms. The maximum absolute atomic E-state index is 12.3. The molecule has 0 bridgehead atoms. The molecule has 0 spiro atoms. The lowest BCUT2D eigenvalue weighted by molar-refractivity contribution is -0.192. The molecule has 0 aliphatic heterocycles. The molecule has 0 aromatic heterocycles. The Morgan fingerprint density at radius 1 is 1.22 bits per heavy atom. The standard InChI is InChI=1S/C10H17F3N2O3/c1-5(2)15-8(16)6(3)14-4-7(9(17)18)10(11,12)13/h5-7,14H,4H2,1-3H3,(H,15,16)(H,17,18). The minimum atomic E-state index is -4.84. The van der Waals surface area contributed by atoms with E-state index in [-0.39, 0.29) is 6.04 Å². The van der Waals surface area contributed by atoms with Gasteiger partial charge in [0.25, 0.3) is 0 Å². The van der Waals surface area contributed by atoms with Crippen LogP contribution in [0.5, 0.6) is 0 Å². The zero-order valence-corrected chi connectivity index (χ0v) is 10.3. The first kappa shape index (κ1) is 16.7. The Morgan fingerprint density at radius 3 is 2.06 bits per heavy atom. The van der Waals surface area contributed by atoms with Crippen LogP contribution in [-0.2, 0) is 9.59 Å². The third-order valence-electron chi connectivity index (χ3n) is 2.15. The highest BCUT2D eigenvalue weighted by molar-refractivity contribution is 5.81. The van der Waals surface area contributed by atoms with Gasteiger partial charge in [0.1, 0.15) is 0 Å². The Kier molecular flexibility index (Phi) is 6.10. The van der Waals surface area contributed by atoms with Crippen molar-refractivity contribution in [3.05, 3.63) is 0 Å². The highest BCUT2D eigenvalue weighted by Crippen LogP contribution is 2.25. The summed E-state index contributed by atoms with van der Waals surface area (Å²) in [7, 11) is 0. The summed E-state index contributed by atoms with van der Waals surface area (Å²) < 4.78 is 36.9. The second-order valence-electron chi connectivity index (χ2n) is 4.23. The normalized spacial score (nSPS) is 15.3. The number of nitrogens with one attached hydrogen (secondary N) is 2. The largest absolute Gasteiger partial charge is 0.481 e. The second-order valence-corrected chi connectivity index (χ2v) is 4.23. The fourth-order valence-electron chi connectivity index (χ4n) is 1.14. The molecule has 0 aromatic rings. The number of aliphatic carboxylic acids is 1. The third-order valence-corrected chi connectivity index (χ3v) is 2.15.